The van der Waals surface area contributed by atoms with Gasteiger partial charge in [0.2, 0.25) is 5.91 Å². The van der Waals surface area contributed by atoms with Crippen molar-refractivity contribution in [2.45, 2.75) is 32.7 Å². The van der Waals surface area contributed by atoms with Gasteiger partial charge < -0.3 is 10.2 Å². The van der Waals surface area contributed by atoms with Crippen molar-refractivity contribution in [3.8, 4) is 0 Å². The minimum Gasteiger partial charge on any atom is -0.335 e. The van der Waals surface area contributed by atoms with Gasteiger partial charge in [-0.05, 0) is 25.3 Å². The molecule has 1 N–H and O–H groups in total. The number of piperidine rings is 1. The largest absolute Gasteiger partial charge is 0.335 e. The molecule has 0 radical (unpaired) electrons. The zero-order valence-corrected chi connectivity index (χ0v) is 14.0. The number of carbonyl (C=O) groups is 2. The summed E-state index contributed by atoms with van der Waals surface area (Å²) < 4.78 is 1.94. The Bertz CT molecular complexity index is 723. The SMILES string of the molecule is CC(=O)Nc1nc(C(=O)N2CCC[C@H](n3cc(C)cn3)C2)cs1. The van der Waals surface area contributed by atoms with Gasteiger partial charge in [0.05, 0.1) is 12.2 Å². The van der Waals surface area contributed by atoms with Crippen molar-refractivity contribution in [3.05, 3.63) is 29.0 Å². The second-order valence-electron chi connectivity index (χ2n) is 5.76. The molecule has 23 heavy (non-hydrogen) atoms. The predicted octanol–water partition coefficient (Wildman–Crippen LogP) is 2.08. The normalized spacial score (nSPS) is 18.0. The fourth-order valence-electron chi connectivity index (χ4n) is 2.73. The molecule has 7 nitrogen and oxygen atoms in total. The standard InChI is InChI=1S/C15H19N5O2S/c1-10-6-16-20(7-10)12-4-3-5-19(8-12)14(22)13-9-23-15(18-13)17-11(2)21/h6-7,9,12H,3-5,8H2,1-2H3,(H,17,18,21)/t12-/m0/s1. The maximum absolute atomic E-state index is 12.6. The molecular formula is C15H19N5O2S. The second-order valence-corrected chi connectivity index (χ2v) is 6.62. The van der Waals surface area contributed by atoms with Crippen molar-refractivity contribution < 1.29 is 9.59 Å². The van der Waals surface area contributed by atoms with Gasteiger partial charge in [0.25, 0.3) is 5.91 Å². The van der Waals surface area contributed by atoms with E-state index in [0.717, 1.165) is 24.9 Å². The lowest BCUT2D eigenvalue weighted by Gasteiger charge is -2.32. The molecule has 2 amide bonds. The molecule has 0 unspecified atom stereocenters. The molecule has 8 heteroatoms. The van der Waals surface area contributed by atoms with Crippen LogP contribution < -0.4 is 5.32 Å². The Morgan fingerprint density at radius 1 is 1.43 bits per heavy atom. The third-order valence-electron chi connectivity index (χ3n) is 3.79. The third kappa shape index (κ3) is 3.58. The molecule has 0 aromatic carbocycles. The van der Waals surface area contributed by atoms with Crippen molar-refractivity contribution in [2.75, 3.05) is 18.4 Å². The van der Waals surface area contributed by atoms with E-state index in [0.29, 0.717) is 17.4 Å². The lowest BCUT2D eigenvalue weighted by Crippen LogP contribution is -2.41. The highest BCUT2D eigenvalue weighted by Gasteiger charge is 2.27. The minimum absolute atomic E-state index is 0.0913. The molecule has 3 rings (SSSR count). The Balaban J connectivity index is 1.69. The van der Waals surface area contributed by atoms with Gasteiger partial charge in [0, 0.05) is 31.6 Å². The highest BCUT2D eigenvalue weighted by molar-refractivity contribution is 7.14. The van der Waals surface area contributed by atoms with Crippen LogP contribution in [0.4, 0.5) is 5.13 Å². The van der Waals surface area contributed by atoms with Crippen LogP contribution in [0.15, 0.2) is 17.8 Å². The van der Waals surface area contributed by atoms with Gasteiger partial charge in [0.1, 0.15) is 5.69 Å². The number of aryl methyl sites for hydroxylation is 1. The second kappa shape index (κ2) is 6.49. The Labute approximate surface area is 138 Å². The molecule has 1 saturated heterocycles. The number of aromatic nitrogens is 3. The summed E-state index contributed by atoms with van der Waals surface area (Å²) in [5, 5.41) is 9.11. The summed E-state index contributed by atoms with van der Waals surface area (Å²) in [5.41, 5.74) is 1.50. The number of nitrogens with zero attached hydrogens (tertiary/aromatic N) is 4. The maximum Gasteiger partial charge on any atom is 0.273 e. The van der Waals surface area contributed by atoms with Crippen LogP contribution in [0.2, 0.25) is 0 Å². The van der Waals surface area contributed by atoms with E-state index in [-0.39, 0.29) is 17.9 Å². The van der Waals surface area contributed by atoms with Crippen molar-refractivity contribution in [2.24, 2.45) is 0 Å². The molecule has 2 aromatic rings. The molecule has 1 aliphatic rings. The first-order valence-electron chi connectivity index (χ1n) is 7.56. The predicted molar refractivity (Wildman–Crippen MR) is 87.6 cm³/mol. The summed E-state index contributed by atoms with van der Waals surface area (Å²) in [5.74, 6) is -0.281. The fourth-order valence-corrected chi connectivity index (χ4v) is 3.46. The summed E-state index contributed by atoms with van der Waals surface area (Å²) in [6.07, 6.45) is 5.80. The number of hydrogen-bond donors (Lipinski definition) is 1. The number of rotatable bonds is 3. The molecule has 0 saturated carbocycles. The van der Waals surface area contributed by atoms with Crippen LogP contribution in [-0.4, -0.2) is 44.6 Å². The van der Waals surface area contributed by atoms with Crippen LogP contribution in [0.5, 0.6) is 0 Å². The summed E-state index contributed by atoms with van der Waals surface area (Å²) in [7, 11) is 0. The molecule has 0 spiro atoms. The van der Waals surface area contributed by atoms with Crippen LogP contribution in [0.25, 0.3) is 0 Å². The van der Waals surface area contributed by atoms with E-state index in [2.05, 4.69) is 15.4 Å². The molecule has 0 bridgehead atoms. The number of likely N-dealkylation sites (tertiary alicyclic amines) is 1. The minimum atomic E-state index is -0.189. The molecular weight excluding hydrogens is 314 g/mol. The highest BCUT2D eigenvalue weighted by atomic mass is 32.1. The number of carbonyl (C=O) groups excluding carboxylic acids is 2. The van der Waals surface area contributed by atoms with Crippen molar-refractivity contribution >= 4 is 28.3 Å². The van der Waals surface area contributed by atoms with E-state index >= 15 is 0 Å². The number of hydrogen-bond acceptors (Lipinski definition) is 5. The molecule has 0 aliphatic carbocycles. The van der Waals surface area contributed by atoms with Gasteiger partial charge >= 0.3 is 0 Å². The first kappa shape index (κ1) is 15.7. The summed E-state index contributed by atoms with van der Waals surface area (Å²) >= 11 is 1.26. The summed E-state index contributed by atoms with van der Waals surface area (Å²) in [6.45, 7) is 4.79. The first-order chi connectivity index (χ1) is 11.0. The van der Waals surface area contributed by atoms with Crippen LogP contribution in [0, 0.1) is 6.92 Å². The Kier molecular flexibility index (Phi) is 4.42. The van der Waals surface area contributed by atoms with Gasteiger partial charge in [0.15, 0.2) is 5.13 Å². The smallest absolute Gasteiger partial charge is 0.273 e. The van der Waals surface area contributed by atoms with Crippen molar-refractivity contribution in [1.29, 1.82) is 0 Å². The molecule has 122 valence electrons. The zero-order valence-electron chi connectivity index (χ0n) is 13.2. The molecule has 3 heterocycles. The average molecular weight is 333 g/mol. The lowest BCUT2D eigenvalue weighted by atomic mass is 10.1. The number of nitrogens with one attached hydrogen (secondary N) is 1. The molecule has 2 aromatic heterocycles. The average Bonchev–Trinajstić information content (AvgIpc) is 3.15. The van der Waals surface area contributed by atoms with E-state index in [1.165, 1.54) is 18.3 Å². The van der Waals surface area contributed by atoms with Gasteiger partial charge in [-0.25, -0.2) is 4.98 Å². The monoisotopic (exact) mass is 333 g/mol. The zero-order chi connectivity index (χ0) is 16.4. The topological polar surface area (TPSA) is 80.1 Å². The van der Waals surface area contributed by atoms with Gasteiger partial charge in [-0.3, -0.25) is 14.3 Å². The Morgan fingerprint density at radius 2 is 2.26 bits per heavy atom. The number of thiazole rings is 1. The van der Waals surface area contributed by atoms with Crippen LogP contribution in [0.3, 0.4) is 0 Å². The van der Waals surface area contributed by atoms with Crippen LogP contribution in [-0.2, 0) is 4.79 Å². The number of anilines is 1. The third-order valence-corrected chi connectivity index (χ3v) is 4.55. The van der Waals surface area contributed by atoms with E-state index in [9.17, 15) is 9.59 Å². The maximum atomic E-state index is 12.6. The lowest BCUT2D eigenvalue weighted by molar-refractivity contribution is -0.114. The number of amides is 2. The van der Waals surface area contributed by atoms with Crippen LogP contribution in [0.1, 0.15) is 41.9 Å². The summed E-state index contributed by atoms with van der Waals surface area (Å²) in [6, 6.07) is 0.204. The van der Waals surface area contributed by atoms with Gasteiger partial charge in [-0.1, -0.05) is 0 Å². The van der Waals surface area contributed by atoms with E-state index < -0.39 is 0 Å². The fraction of sp³-hybridized carbons (Fsp3) is 0.467. The Hall–Kier alpha value is -2.22. The molecule has 1 fully saturated rings. The quantitative estimate of drug-likeness (QED) is 0.932. The Morgan fingerprint density at radius 3 is 2.96 bits per heavy atom. The van der Waals surface area contributed by atoms with E-state index in [4.69, 9.17) is 0 Å². The van der Waals surface area contributed by atoms with Gasteiger partial charge in [-0.15, -0.1) is 11.3 Å². The van der Waals surface area contributed by atoms with Crippen molar-refractivity contribution in [3.63, 3.8) is 0 Å². The van der Waals surface area contributed by atoms with E-state index in [1.807, 2.05) is 28.9 Å². The molecule has 1 aliphatic heterocycles. The van der Waals surface area contributed by atoms with Crippen LogP contribution >= 0.6 is 11.3 Å². The highest BCUT2D eigenvalue weighted by Crippen LogP contribution is 2.24. The van der Waals surface area contributed by atoms with Crippen molar-refractivity contribution in [1.82, 2.24) is 19.7 Å². The first-order valence-corrected chi connectivity index (χ1v) is 8.44. The summed E-state index contributed by atoms with van der Waals surface area (Å²) in [4.78, 5) is 29.7. The molecule has 1 atom stereocenters. The van der Waals surface area contributed by atoms with E-state index in [1.54, 1.807) is 5.38 Å². The van der Waals surface area contributed by atoms with Gasteiger partial charge in [-0.2, -0.15) is 5.10 Å².